The number of hydrogen-bond donors (Lipinski definition) is 1. The average Bonchev–Trinajstić information content (AvgIpc) is 3.68. The largest absolute Gasteiger partial charge is 0.493 e. The summed E-state index contributed by atoms with van der Waals surface area (Å²) >= 11 is 0. The number of ether oxygens (including phenoxy) is 3. The number of nitrogens with zero attached hydrogens (tertiary/aromatic N) is 5. The van der Waals surface area contributed by atoms with Crippen LogP contribution < -0.4 is 19.5 Å². The molecule has 2 fully saturated rings. The molecule has 2 aromatic heterocycles. The van der Waals surface area contributed by atoms with E-state index in [-0.39, 0.29) is 11.7 Å². The normalized spacial score (nSPS) is 18.1. The minimum atomic E-state index is -0.550. The van der Waals surface area contributed by atoms with Crippen molar-refractivity contribution in [1.29, 1.82) is 0 Å². The van der Waals surface area contributed by atoms with Gasteiger partial charge >= 0.3 is 0 Å². The molecular weight excluding hydrogens is 671 g/mol. The van der Waals surface area contributed by atoms with Gasteiger partial charge in [-0.15, -0.1) is 0 Å². The molecule has 1 atom stereocenters. The van der Waals surface area contributed by atoms with E-state index in [1.165, 1.54) is 12.1 Å². The molecule has 0 radical (unpaired) electrons. The summed E-state index contributed by atoms with van der Waals surface area (Å²) in [5, 5.41) is 3.77. The SMILES string of the molecule is COc1cc(CN2CCC(CCCN3CCC(Nc4nc5ccccc5n4Cc4cccnc4)CC3)(Cc3ccc(F)cc3)C2=O)cc(OC)c1OC. The predicted octanol–water partition coefficient (Wildman–Crippen LogP) is 6.96. The molecule has 10 nitrogen and oxygen atoms in total. The lowest BCUT2D eigenvalue weighted by molar-refractivity contribution is -0.137. The van der Waals surface area contributed by atoms with Gasteiger partial charge in [-0.2, -0.15) is 0 Å². The number of anilines is 1. The lowest BCUT2D eigenvalue weighted by Crippen LogP contribution is -2.41. The van der Waals surface area contributed by atoms with E-state index in [0.29, 0.717) is 49.3 Å². The summed E-state index contributed by atoms with van der Waals surface area (Å²) < 4.78 is 32.8. The summed E-state index contributed by atoms with van der Waals surface area (Å²) in [6.07, 6.45) is 8.75. The first kappa shape index (κ1) is 36.2. The Morgan fingerprint density at radius 3 is 2.32 bits per heavy atom. The van der Waals surface area contributed by atoms with Crippen molar-refractivity contribution in [2.45, 2.75) is 57.7 Å². The number of amides is 1. The molecule has 53 heavy (non-hydrogen) atoms. The van der Waals surface area contributed by atoms with E-state index in [0.717, 1.165) is 85.4 Å². The highest BCUT2D eigenvalue weighted by Crippen LogP contribution is 2.43. The fourth-order valence-corrected chi connectivity index (χ4v) is 8.11. The molecule has 3 aromatic carbocycles. The molecule has 2 aliphatic rings. The molecule has 0 aliphatic carbocycles. The zero-order valence-corrected chi connectivity index (χ0v) is 30.9. The van der Waals surface area contributed by atoms with Crippen LogP contribution in [0.5, 0.6) is 17.2 Å². The summed E-state index contributed by atoms with van der Waals surface area (Å²) in [6, 6.07) is 23.1. The highest BCUT2D eigenvalue weighted by atomic mass is 19.1. The quantitative estimate of drug-likeness (QED) is 0.124. The fourth-order valence-electron chi connectivity index (χ4n) is 8.11. The van der Waals surface area contributed by atoms with Crippen LogP contribution in [0.3, 0.4) is 0 Å². The summed E-state index contributed by atoms with van der Waals surface area (Å²) in [7, 11) is 4.77. The number of fused-ring (bicyclic) bond motifs is 1. The van der Waals surface area contributed by atoms with Crippen LogP contribution >= 0.6 is 0 Å². The standard InChI is InChI=1S/C42H49FN6O4/c1-51-37-24-32(25-38(52-2)39(37)53-3)28-48-23-18-42(40(48)50,26-30-11-13-33(43)14-12-30)17-7-20-47-21-15-34(16-22-47)45-41-46-35-9-4-5-10-36(35)49(41)29-31-8-6-19-44-27-31/h4-6,8-14,19,24-25,27,34H,7,15-18,20-23,26,28-29H2,1-3H3,(H,45,46). The van der Waals surface area contributed by atoms with Gasteiger partial charge in [0.15, 0.2) is 11.5 Å². The minimum Gasteiger partial charge on any atom is -0.493 e. The van der Waals surface area contributed by atoms with Crippen LogP contribution in [0.4, 0.5) is 10.3 Å². The van der Waals surface area contributed by atoms with Gasteiger partial charge in [-0.1, -0.05) is 30.3 Å². The Hall–Kier alpha value is -5.16. The maximum Gasteiger partial charge on any atom is 0.229 e. The zero-order valence-electron chi connectivity index (χ0n) is 30.9. The number of carbonyl (C=O) groups excluding carboxylic acids is 1. The van der Waals surface area contributed by atoms with E-state index in [2.05, 4.69) is 44.0 Å². The van der Waals surface area contributed by atoms with Crippen LogP contribution in [0.25, 0.3) is 11.0 Å². The lowest BCUT2D eigenvalue weighted by Gasteiger charge is -2.34. The average molecular weight is 721 g/mol. The van der Waals surface area contributed by atoms with E-state index in [9.17, 15) is 9.18 Å². The molecule has 278 valence electrons. The van der Waals surface area contributed by atoms with Crippen molar-refractivity contribution in [3.05, 3.63) is 108 Å². The van der Waals surface area contributed by atoms with Gasteiger partial charge in [0.05, 0.1) is 44.3 Å². The number of para-hydroxylation sites is 2. The third-order valence-corrected chi connectivity index (χ3v) is 10.9. The third kappa shape index (κ3) is 8.10. The Morgan fingerprint density at radius 1 is 0.868 bits per heavy atom. The molecule has 2 saturated heterocycles. The Balaban J connectivity index is 0.987. The number of nitrogens with one attached hydrogen (secondary N) is 1. The summed E-state index contributed by atoms with van der Waals surface area (Å²) in [5.74, 6) is 2.42. The summed E-state index contributed by atoms with van der Waals surface area (Å²) in [4.78, 5) is 28.1. The Bertz CT molecular complexity index is 1970. The third-order valence-electron chi connectivity index (χ3n) is 10.9. The molecule has 0 spiro atoms. The first-order valence-corrected chi connectivity index (χ1v) is 18.5. The first-order valence-electron chi connectivity index (χ1n) is 18.5. The number of hydrogen-bond acceptors (Lipinski definition) is 8. The van der Waals surface area contributed by atoms with Gasteiger partial charge in [0.25, 0.3) is 0 Å². The second kappa shape index (κ2) is 16.2. The van der Waals surface area contributed by atoms with Crippen molar-refractivity contribution >= 4 is 22.9 Å². The monoisotopic (exact) mass is 720 g/mol. The number of imidazole rings is 1. The maximum absolute atomic E-state index is 14.4. The molecule has 1 unspecified atom stereocenters. The molecule has 0 saturated carbocycles. The fraction of sp³-hybridized carbons (Fsp3) is 0.405. The van der Waals surface area contributed by atoms with Crippen molar-refractivity contribution in [2.75, 3.05) is 52.8 Å². The Morgan fingerprint density at radius 2 is 1.62 bits per heavy atom. The lowest BCUT2D eigenvalue weighted by atomic mass is 9.76. The molecule has 2 aliphatic heterocycles. The number of pyridine rings is 1. The zero-order chi connectivity index (χ0) is 36.8. The van der Waals surface area contributed by atoms with Crippen molar-refractivity contribution in [3.63, 3.8) is 0 Å². The van der Waals surface area contributed by atoms with Gasteiger partial charge < -0.3 is 33.9 Å². The number of methoxy groups -OCH3 is 3. The van der Waals surface area contributed by atoms with Crippen LogP contribution in [-0.2, 0) is 24.3 Å². The van der Waals surface area contributed by atoms with Crippen molar-refractivity contribution in [3.8, 4) is 17.2 Å². The van der Waals surface area contributed by atoms with Gasteiger partial charge in [-0.3, -0.25) is 9.78 Å². The topological polar surface area (TPSA) is 94.0 Å². The highest BCUT2D eigenvalue weighted by Gasteiger charge is 2.46. The number of benzene rings is 3. The molecule has 5 aromatic rings. The van der Waals surface area contributed by atoms with Gasteiger partial charge in [0.1, 0.15) is 5.82 Å². The first-order chi connectivity index (χ1) is 25.9. The van der Waals surface area contributed by atoms with Crippen molar-refractivity contribution < 1.29 is 23.4 Å². The molecule has 11 heteroatoms. The molecule has 1 N–H and O–H groups in total. The highest BCUT2D eigenvalue weighted by molar-refractivity contribution is 5.85. The summed E-state index contributed by atoms with van der Waals surface area (Å²) in [6.45, 7) is 4.68. The summed E-state index contributed by atoms with van der Waals surface area (Å²) in [5.41, 5.74) is 4.57. The number of likely N-dealkylation sites (tertiary alicyclic amines) is 2. The molecule has 4 heterocycles. The van der Waals surface area contributed by atoms with E-state index in [4.69, 9.17) is 19.2 Å². The molecular formula is C42H49FN6O4. The van der Waals surface area contributed by atoms with Gasteiger partial charge in [0.2, 0.25) is 17.6 Å². The molecule has 1 amide bonds. The van der Waals surface area contributed by atoms with Gasteiger partial charge in [0, 0.05) is 44.6 Å². The second-order valence-corrected chi connectivity index (χ2v) is 14.3. The van der Waals surface area contributed by atoms with Crippen molar-refractivity contribution in [2.24, 2.45) is 5.41 Å². The van der Waals surface area contributed by atoms with E-state index in [1.807, 2.05) is 47.5 Å². The smallest absolute Gasteiger partial charge is 0.229 e. The number of carbonyl (C=O) groups is 1. The van der Waals surface area contributed by atoms with Crippen LogP contribution in [0, 0.1) is 11.2 Å². The molecule has 7 rings (SSSR count). The number of rotatable bonds is 15. The van der Waals surface area contributed by atoms with Gasteiger partial charge in [-0.25, -0.2) is 9.37 Å². The van der Waals surface area contributed by atoms with E-state index < -0.39 is 5.41 Å². The molecule has 0 bridgehead atoms. The maximum atomic E-state index is 14.4. The predicted molar refractivity (Wildman–Crippen MR) is 204 cm³/mol. The Kier molecular flexibility index (Phi) is 11.1. The number of aromatic nitrogens is 3. The van der Waals surface area contributed by atoms with Crippen LogP contribution in [0.2, 0.25) is 0 Å². The van der Waals surface area contributed by atoms with Gasteiger partial charge in [-0.05, 0) is 104 Å². The second-order valence-electron chi connectivity index (χ2n) is 14.3. The van der Waals surface area contributed by atoms with E-state index in [1.54, 1.807) is 27.5 Å². The number of piperidine rings is 1. The van der Waals surface area contributed by atoms with Crippen LogP contribution in [0.15, 0.2) is 85.2 Å². The number of halogens is 1. The Labute approximate surface area is 310 Å². The minimum absolute atomic E-state index is 0.146. The van der Waals surface area contributed by atoms with Crippen LogP contribution in [0.1, 0.15) is 48.8 Å². The van der Waals surface area contributed by atoms with E-state index >= 15 is 0 Å². The van der Waals surface area contributed by atoms with Crippen molar-refractivity contribution in [1.82, 2.24) is 24.3 Å². The van der Waals surface area contributed by atoms with Crippen LogP contribution in [-0.4, -0.2) is 83.8 Å².